The molecule has 1 aromatic carbocycles. The zero-order valence-electron chi connectivity index (χ0n) is 12.6. The third-order valence-corrected chi connectivity index (χ3v) is 4.74. The number of para-hydroxylation sites is 1. The van der Waals surface area contributed by atoms with Crippen molar-refractivity contribution in [1.29, 1.82) is 0 Å². The van der Waals surface area contributed by atoms with Crippen LogP contribution in [0.4, 0.5) is 5.69 Å². The zero-order valence-corrected chi connectivity index (χ0v) is 12.6. The molecule has 2 aliphatic heterocycles. The lowest BCUT2D eigenvalue weighted by Crippen LogP contribution is -2.48. The number of morpholine rings is 1. The molecule has 0 aliphatic carbocycles. The Kier molecular flexibility index (Phi) is 3.08. The Morgan fingerprint density at radius 1 is 1.24 bits per heavy atom. The Hall–Kier alpha value is -1.65. The van der Waals surface area contributed by atoms with Gasteiger partial charge in [0.05, 0.1) is 24.3 Å². The summed E-state index contributed by atoms with van der Waals surface area (Å²) in [5.74, 6) is 0. The topological polar surface area (TPSA) is 28.6 Å². The van der Waals surface area contributed by atoms with Crippen LogP contribution in [0.1, 0.15) is 5.69 Å². The molecule has 0 N–H and O–H groups in total. The SMILES string of the molecule is Cc1cc(N2CC3OCCN(C)C3C2)c2ccccc2n1. The van der Waals surface area contributed by atoms with Gasteiger partial charge in [0.1, 0.15) is 0 Å². The molecule has 0 saturated carbocycles. The molecule has 0 spiro atoms. The van der Waals surface area contributed by atoms with Crippen LogP contribution in [0, 0.1) is 6.92 Å². The second kappa shape index (κ2) is 4.97. The molecule has 21 heavy (non-hydrogen) atoms. The van der Waals surface area contributed by atoms with E-state index in [9.17, 15) is 0 Å². The molecule has 4 nitrogen and oxygen atoms in total. The Morgan fingerprint density at radius 3 is 2.95 bits per heavy atom. The van der Waals surface area contributed by atoms with Crippen molar-refractivity contribution < 1.29 is 4.74 Å². The van der Waals surface area contributed by atoms with Crippen LogP contribution in [0.3, 0.4) is 0 Å². The van der Waals surface area contributed by atoms with Crippen molar-refractivity contribution in [3.05, 3.63) is 36.0 Å². The second-order valence-electron chi connectivity index (χ2n) is 6.16. The van der Waals surface area contributed by atoms with Gasteiger partial charge in [-0.2, -0.15) is 0 Å². The van der Waals surface area contributed by atoms with E-state index in [1.807, 2.05) is 0 Å². The normalized spacial score (nSPS) is 26.3. The Bertz CT molecular complexity index is 672. The first-order valence-corrected chi connectivity index (χ1v) is 7.65. The number of ether oxygens (including phenoxy) is 1. The minimum Gasteiger partial charge on any atom is -0.373 e. The molecule has 2 atom stereocenters. The maximum Gasteiger partial charge on any atom is 0.0922 e. The predicted molar refractivity (Wildman–Crippen MR) is 84.9 cm³/mol. The molecule has 3 heterocycles. The van der Waals surface area contributed by atoms with Gasteiger partial charge >= 0.3 is 0 Å². The molecule has 110 valence electrons. The van der Waals surface area contributed by atoms with Crippen molar-refractivity contribution >= 4 is 16.6 Å². The summed E-state index contributed by atoms with van der Waals surface area (Å²) in [4.78, 5) is 9.55. The molecular weight excluding hydrogens is 262 g/mol. The van der Waals surface area contributed by atoms with Crippen LogP contribution in [-0.2, 0) is 4.74 Å². The number of anilines is 1. The van der Waals surface area contributed by atoms with Crippen molar-refractivity contribution in [2.24, 2.45) is 0 Å². The first-order chi connectivity index (χ1) is 10.2. The minimum absolute atomic E-state index is 0.330. The first-order valence-electron chi connectivity index (χ1n) is 7.65. The lowest BCUT2D eigenvalue weighted by Gasteiger charge is -2.33. The number of hydrogen-bond acceptors (Lipinski definition) is 4. The highest BCUT2D eigenvalue weighted by Crippen LogP contribution is 2.32. The Balaban J connectivity index is 1.74. The van der Waals surface area contributed by atoms with Crippen LogP contribution in [0.25, 0.3) is 10.9 Å². The number of fused-ring (bicyclic) bond motifs is 2. The quantitative estimate of drug-likeness (QED) is 0.801. The highest BCUT2D eigenvalue weighted by molar-refractivity contribution is 5.92. The molecule has 2 fully saturated rings. The predicted octanol–water partition coefficient (Wildman–Crippen LogP) is 2.06. The summed E-state index contributed by atoms with van der Waals surface area (Å²) in [6, 6.07) is 11.1. The number of likely N-dealkylation sites (N-methyl/N-ethyl adjacent to an activating group) is 1. The Morgan fingerprint density at radius 2 is 2.10 bits per heavy atom. The first kappa shape index (κ1) is 13.0. The van der Waals surface area contributed by atoms with Crippen molar-refractivity contribution in [3.63, 3.8) is 0 Å². The van der Waals surface area contributed by atoms with Crippen LogP contribution in [0.5, 0.6) is 0 Å². The van der Waals surface area contributed by atoms with Crippen LogP contribution >= 0.6 is 0 Å². The van der Waals surface area contributed by atoms with E-state index in [1.165, 1.54) is 11.1 Å². The number of rotatable bonds is 1. The summed E-state index contributed by atoms with van der Waals surface area (Å²) in [6.45, 7) is 5.96. The summed E-state index contributed by atoms with van der Waals surface area (Å²) >= 11 is 0. The smallest absolute Gasteiger partial charge is 0.0922 e. The molecule has 2 aliphatic rings. The van der Waals surface area contributed by atoms with Crippen molar-refractivity contribution in [2.75, 3.05) is 38.2 Å². The number of benzene rings is 1. The van der Waals surface area contributed by atoms with E-state index < -0.39 is 0 Å². The summed E-state index contributed by atoms with van der Waals surface area (Å²) in [6.07, 6.45) is 0.330. The number of aromatic nitrogens is 1. The van der Waals surface area contributed by atoms with Gasteiger partial charge in [0.15, 0.2) is 0 Å². The molecule has 4 rings (SSSR count). The number of hydrogen-bond donors (Lipinski definition) is 0. The molecule has 0 radical (unpaired) electrons. The third kappa shape index (κ3) is 2.19. The molecule has 2 saturated heterocycles. The van der Waals surface area contributed by atoms with Crippen LogP contribution in [-0.4, -0.2) is 55.3 Å². The number of pyridine rings is 1. The molecule has 2 unspecified atom stereocenters. The van der Waals surface area contributed by atoms with Crippen molar-refractivity contribution in [3.8, 4) is 0 Å². The molecule has 0 bridgehead atoms. The van der Waals surface area contributed by atoms with Gasteiger partial charge in [-0.1, -0.05) is 18.2 Å². The van der Waals surface area contributed by atoms with Gasteiger partial charge in [0.25, 0.3) is 0 Å². The largest absolute Gasteiger partial charge is 0.373 e. The van der Waals surface area contributed by atoms with E-state index in [2.05, 4.69) is 59.1 Å². The fourth-order valence-electron chi connectivity index (χ4n) is 3.60. The monoisotopic (exact) mass is 283 g/mol. The number of nitrogens with zero attached hydrogens (tertiary/aromatic N) is 3. The molecule has 4 heteroatoms. The highest BCUT2D eigenvalue weighted by atomic mass is 16.5. The molecule has 0 amide bonds. The standard InChI is InChI=1S/C17H21N3O/c1-12-9-15(13-5-3-4-6-14(13)18-12)20-10-16-17(11-20)21-8-7-19(16)2/h3-6,9,16-17H,7-8,10-11H2,1-2H3. The van der Waals surface area contributed by atoms with E-state index in [0.29, 0.717) is 12.1 Å². The van der Waals surface area contributed by atoms with Gasteiger partial charge in [-0.05, 0) is 26.1 Å². The minimum atomic E-state index is 0.330. The van der Waals surface area contributed by atoms with E-state index in [-0.39, 0.29) is 0 Å². The van der Waals surface area contributed by atoms with E-state index in [1.54, 1.807) is 0 Å². The van der Waals surface area contributed by atoms with Gasteiger partial charge in [-0.15, -0.1) is 0 Å². The van der Waals surface area contributed by atoms with Gasteiger partial charge in [-0.25, -0.2) is 0 Å². The summed E-state index contributed by atoms with van der Waals surface area (Å²) < 4.78 is 5.97. The lowest BCUT2D eigenvalue weighted by molar-refractivity contribution is -0.0362. The average molecular weight is 283 g/mol. The lowest BCUT2D eigenvalue weighted by atomic mass is 10.1. The fraction of sp³-hybridized carbons (Fsp3) is 0.471. The fourth-order valence-corrected chi connectivity index (χ4v) is 3.60. The second-order valence-corrected chi connectivity index (χ2v) is 6.16. The van der Waals surface area contributed by atoms with Crippen molar-refractivity contribution in [2.45, 2.75) is 19.1 Å². The maximum atomic E-state index is 5.97. The van der Waals surface area contributed by atoms with E-state index in [4.69, 9.17) is 4.74 Å². The van der Waals surface area contributed by atoms with Crippen LogP contribution in [0.2, 0.25) is 0 Å². The van der Waals surface area contributed by atoms with Gasteiger partial charge in [0.2, 0.25) is 0 Å². The van der Waals surface area contributed by atoms with Gasteiger partial charge in [0, 0.05) is 36.4 Å². The summed E-state index contributed by atoms with van der Waals surface area (Å²) in [5.41, 5.74) is 3.45. The Labute approximate surface area is 125 Å². The third-order valence-electron chi connectivity index (χ3n) is 4.74. The highest BCUT2D eigenvalue weighted by Gasteiger charge is 2.39. The van der Waals surface area contributed by atoms with E-state index >= 15 is 0 Å². The summed E-state index contributed by atoms with van der Waals surface area (Å²) in [5, 5.41) is 1.24. The van der Waals surface area contributed by atoms with Gasteiger partial charge < -0.3 is 9.64 Å². The van der Waals surface area contributed by atoms with Crippen molar-refractivity contribution in [1.82, 2.24) is 9.88 Å². The molecular formula is C17H21N3O. The van der Waals surface area contributed by atoms with E-state index in [0.717, 1.165) is 37.5 Å². The van der Waals surface area contributed by atoms with Crippen LogP contribution in [0.15, 0.2) is 30.3 Å². The average Bonchev–Trinajstić information content (AvgIpc) is 2.92. The van der Waals surface area contributed by atoms with Crippen LogP contribution < -0.4 is 4.90 Å². The van der Waals surface area contributed by atoms with Gasteiger partial charge in [-0.3, -0.25) is 9.88 Å². The zero-order chi connectivity index (χ0) is 14.4. The summed E-state index contributed by atoms with van der Waals surface area (Å²) in [7, 11) is 2.21. The maximum absolute atomic E-state index is 5.97. The molecule has 1 aromatic heterocycles. The molecule has 2 aromatic rings. The number of aryl methyl sites for hydroxylation is 1.